The molecule has 4 heteroatoms. The maximum absolute atomic E-state index is 10.9. The van der Waals surface area contributed by atoms with E-state index in [0.717, 1.165) is 25.0 Å². The van der Waals surface area contributed by atoms with Gasteiger partial charge in [0.15, 0.2) is 0 Å². The molecular weight excluding hydrogens is 194 g/mol. The van der Waals surface area contributed by atoms with Gasteiger partial charge in [0, 0.05) is 5.41 Å². The minimum absolute atomic E-state index is 0.174. The average molecular weight is 211 g/mol. The van der Waals surface area contributed by atoms with Crippen LogP contribution in [0.25, 0.3) is 0 Å². The van der Waals surface area contributed by atoms with Crippen LogP contribution in [0, 0.1) is 16.7 Å². The Balaban J connectivity index is 2.39. The molecule has 15 heavy (non-hydrogen) atoms. The predicted molar refractivity (Wildman–Crippen MR) is 55.0 cm³/mol. The third kappa shape index (κ3) is 1.13. The Morgan fingerprint density at radius 1 is 1.60 bits per heavy atom. The summed E-state index contributed by atoms with van der Waals surface area (Å²) in [5.41, 5.74) is 0.341. The Morgan fingerprint density at radius 3 is 2.73 bits per heavy atom. The largest absolute Gasteiger partial charge is 0.481 e. The molecule has 2 aliphatic carbocycles. The summed E-state index contributed by atoms with van der Waals surface area (Å²) in [6, 6.07) is 0. The summed E-state index contributed by atoms with van der Waals surface area (Å²) in [5.74, 6) is -0.390. The van der Waals surface area contributed by atoms with E-state index < -0.39 is 5.97 Å². The van der Waals surface area contributed by atoms with Crippen LogP contribution in [-0.4, -0.2) is 22.0 Å². The van der Waals surface area contributed by atoms with Crippen molar-refractivity contribution in [2.45, 2.75) is 39.5 Å². The zero-order chi connectivity index (χ0) is 11.3. The van der Waals surface area contributed by atoms with Crippen LogP contribution in [0.5, 0.6) is 0 Å². The maximum Gasteiger partial charge on any atom is 0.303 e. The van der Waals surface area contributed by atoms with E-state index in [0.29, 0.717) is 5.92 Å². The fourth-order valence-electron chi connectivity index (χ4n) is 3.58. The Labute approximate surface area is 89.0 Å². The fourth-order valence-corrected chi connectivity index (χ4v) is 3.58. The number of fused-ring (bicyclic) bond motifs is 2. The van der Waals surface area contributed by atoms with Gasteiger partial charge in [0.25, 0.3) is 0 Å². The molecule has 0 saturated heterocycles. The van der Waals surface area contributed by atoms with Gasteiger partial charge in [0.05, 0.1) is 12.1 Å². The topological polar surface area (TPSA) is 69.9 Å². The highest BCUT2D eigenvalue weighted by Gasteiger charge is 2.63. The standard InChI is InChI=1S/C11H17NO3/c1-10-4-3-7(5-8(10)12-15)11(10,2)6-9(13)14/h7,15H,3-6H2,1-2H3,(H,13,14)/b12-8-/t7-,10-,11-/m1/s1. The lowest BCUT2D eigenvalue weighted by atomic mass is 9.67. The summed E-state index contributed by atoms with van der Waals surface area (Å²) in [6.07, 6.45) is 2.93. The molecule has 0 aliphatic heterocycles. The molecule has 2 aliphatic rings. The molecule has 0 radical (unpaired) electrons. The maximum atomic E-state index is 10.9. The van der Waals surface area contributed by atoms with E-state index in [1.807, 2.05) is 13.8 Å². The third-order valence-electron chi connectivity index (χ3n) is 4.87. The molecule has 2 rings (SSSR count). The lowest BCUT2D eigenvalue weighted by molar-refractivity contribution is -0.141. The van der Waals surface area contributed by atoms with Crippen LogP contribution >= 0.6 is 0 Å². The molecule has 84 valence electrons. The summed E-state index contributed by atoms with van der Waals surface area (Å²) in [7, 11) is 0. The van der Waals surface area contributed by atoms with Crippen molar-refractivity contribution >= 4 is 11.7 Å². The highest BCUT2D eigenvalue weighted by atomic mass is 16.4. The van der Waals surface area contributed by atoms with Gasteiger partial charge >= 0.3 is 5.97 Å². The van der Waals surface area contributed by atoms with Gasteiger partial charge in [-0.3, -0.25) is 4.79 Å². The molecule has 0 aromatic heterocycles. The summed E-state index contributed by atoms with van der Waals surface area (Å²) < 4.78 is 0. The number of rotatable bonds is 2. The summed E-state index contributed by atoms with van der Waals surface area (Å²) in [4.78, 5) is 10.9. The number of nitrogens with zero attached hydrogens (tertiary/aromatic N) is 1. The van der Waals surface area contributed by atoms with Gasteiger partial charge in [-0.05, 0) is 30.6 Å². The molecule has 2 N–H and O–H groups in total. The van der Waals surface area contributed by atoms with E-state index in [9.17, 15) is 4.79 Å². The molecule has 0 amide bonds. The van der Waals surface area contributed by atoms with Gasteiger partial charge in [-0.15, -0.1) is 0 Å². The first kappa shape index (κ1) is 10.5. The molecule has 0 aromatic rings. The van der Waals surface area contributed by atoms with E-state index in [1.165, 1.54) is 0 Å². The molecule has 2 saturated carbocycles. The molecule has 0 spiro atoms. The molecule has 0 unspecified atom stereocenters. The smallest absolute Gasteiger partial charge is 0.303 e. The molecule has 2 bridgehead atoms. The Kier molecular flexibility index (Phi) is 2.07. The second-order valence-corrected chi connectivity index (χ2v) is 5.31. The number of aliphatic carboxylic acids is 1. The van der Waals surface area contributed by atoms with Crippen molar-refractivity contribution < 1.29 is 15.1 Å². The fraction of sp³-hybridized carbons (Fsp3) is 0.818. The van der Waals surface area contributed by atoms with Crippen LogP contribution in [0.4, 0.5) is 0 Å². The normalized spacial score (nSPS) is 46.3. The van der Waals surface area contributed by atoms with Crippen LogP contribution in [0.1, 0.15) is 39.5 Å². The van der Waals surface area contributed by atoms with Crippen molar-refractivity contribution in [3.8, 4) is 0 Å². The second kappa shape index (κ2) is 2.97. The van der Waals surface area contributed by atoms with E-state index in [1.54, 1.807) is 0 Å². The molecular formula is C11H17NO3. The highest BCUT2D eigenvalue weighted by Crippen LogP contribution is 2.65. The van der Waals surface area contributed by atoms with Gasteiger partial charge in [-0.2, -0.15) is 0 Å². The molecule has 4 nitrogen and oxygen atoms in total. The van der Waals surface area contributed by atoms with E-state index in [2.05, 4.69) is 5.16 Å². The number of carboxylic acids is 1. The van der Waals surface area contributed by atoms with Crippen molar-refractivity contribution in [2.24, 2.45) is 21.9 Å². The predicted octanol–water partition coefficient (Wildman–Crippen LogP) is 2.12. The van der Waals surface area contributed by atoms with Crippen molar-refractivity contribution in [3.63, 3.8) is 0 Å². The minimum atomic E-state index is -0.755. The lowest BCUT2D eigenvalue weighted by Crippen LogP contribution is -2.36. The van der Waals surface area contributed by atoms with Crippen molar-refractivity contribution in [1.29, 1.82) is 0 Å². The van der Waals surface area contributed by atoms with Crippen molar-refractivity contribution in [2.75, 3.05) is 0 Å². The molecule has 2 fully saturated rings. The quantitative estimate of drug-likeness (QED) is 0.543. The highest BCUT2D eigenvalue weighted by molar-refractivity contribution is 5.94. The first-order chi connectivity index (χ1) is 6.94. The number of hydrogen-bond acceptors (Lipinski definition) is 3. The zero-order valence-electron chi connectivity index (χ0n) is 9.16. The van der Waals surface area contributed by atoms with Crippen LogP contribution in [0.15, 0.2) is 5.16 Å². The van der Waals surface area contributed by atoms with Crippen molar-refractivity contribution in [3.05, 3.63) is 0 Å². The van der Waals surface area contributed by atoms with E-state index >= 15 is 0 Å². The summed E-state index contributed by atoms with van der Waals surface area (Å²) in [5, 5.41) is 21.3. The van der Waals surface area contributed by atoms with Gasteiger partial charge in [0.1, 0.15) is 0 Å². The minimum Gasteiger partial charge on any atom is -0.481 e. The first-order valence-electron chi connectivity index (χ1n) is 5.37. The number of carbonyl (C=O) groups is 1. The molecule has 3 atom stereocenters. The van der Waals surface area contributed by atoms with Crippen LogP contribution in [-0.2, 0) is 4.79 Å². The Hall–Kier alpha value is -1.06. The monoisotopic (exact) mass is 211 g/mol. The van der Waals surface area contributed by atoms with Crippen LogP contribution < -0.4 is 0 Å². The SMILES string of the molecule is C[C@@]12CC[C@H](C/C1=N/O)[C@@]2(C)CC(=O)O. The second-order valence-electron chi connectivity index (χ2n) is 5.31. The first-order valence-corrected chi connectivity index (χ1v) is 5.37. The third-order valence-corrected chi connectivity index (χ3v) is 4.87. The van der Waals surface area contributed by atoms with Gasteiger partial charge in [-0.25, -0.2) is 0 Å². The lowest BCUT2D eigenvalue weighted by Gasteiger charge is -2.36. The Bertz CT molecular complexity index is 339. The zero-order valence-corrected chi connectivity index (χ0v) is 9.16. The summed E-state index contributed by atoms with van der Waals surface area (Å²) >= 11 is 0. The van der Waals surface area contributed by atoms with Crippen LogP contribution in [0.3, 0.4) is 0 Å². The van der Waals surface area contributed by atoms with Gasteiger partial charge in [-0.1, -0.05) is 19.0 Å². The number of hydrogen-bond donors (Lipinski definition) is 2. The molecule has 0 aromatic carbocycles. The van der Waals surface area contributed by atoms with E-state index in [-0.39, 0.29) is 17.3 Å². The van der Waals surface area contributed by atoms with Crippen molar-refractivity contribution in [1.82, 2.24) is 0 Å². The van der Waals surface area contributed by atoms with Crippen LogP contribution in [0.2, 0.25) is 0 Å². The summed E-state index contributed by atoms with van der Waals surface area (Å²) in [6.45, 7) is 4.06. The van der Waals surface area contributed by atoms with Gasteiger partial charge < -0.3 is 10.3 Å². The van der Waals surface area contributed by atoms with Gasteiger partial charge in [0.2, 0.25) is 0 Å². The van der Waals surface area contributed by atoms with E-state index in [4.69, 9.17) is 10.3 Å². The molecule has 0 heterocycles. The number of carboxylic acid groups (broad SMARTS) is 1. The Morgan fingerprint density at radius 2 is 2.27 bits per heavy atom. The number of oxime groups is 1. The average Bonchev–Trinajstić information content (AvgIpc) is 2.49.